The minimum absolute atomic E-state index is 0.176. The van der Waals surface area contributed by atoms with E-state index in [0.717, 1.165) is 0 Å². The van der Waals surface area contributed by atoms with Gasteiger partial charge in [-0.15, -0.1) is 0 Å². The first kappa shape index (κ1) is 9.03. The molecule has 1 rings (SSSR count). The molecule has 0 bridgehead atoms. The van der Waals surface area contributed by atoms with Gasteiger partial charge in [0.05, 0.1) is 11.2 Å². The Labute approximate surface area is 75.3 Å². The van der Waals surface area contributed by atoms with E-state index in [1.807, 2.05) is 5.16 Å². The van der Waals surface area contributed by atoms with E-state index in [9.17, 15) is 4.79 Å². The maximum atomic E-state index is 11.1. The summed E-state index contributed by atoms with van der Waals surface area (Å²) in [5.41, 5.74) is 0. The molecule has 64 valence electrons. The number of ether oxygens (including phenoxy) is 1. The molecule has 0 saturated heterocycles. The maximum absolute atomic E-state index is 11.1. The number of nitrogens with zero attached hydrogens (tertiary/aromatic N) is 2. The molecule has 2 unspecified atom stereocenters. The van der Waals surface area contributed by atoms with Crippen LogP contribution < -0.4 is 0 Å². The summed E-state index contributed by atoms with van der Waals surface area (Å²) >= 11 is 4.30. The van der Waals surface area contributed by atoms with Gasteiger partial charge in [-0.2, -0.15) is 4.99 Å². The van der Waals surface area contributed by atoms with Crippen molar-refractivity contribution >= 4 is 29.2 Å². The van der Waals surface area contributed by atoms with Crippen LogP contribution in [0.4, 0.5) is 0 Å². The average molecular weight is 184 g/mol. The van der Waals surface area contributed by atoms with Crippen molar-refractivity contribution < 1.29 is 9.53 Å². The van der Waals surface area contributed by atoms with Gasteiger partial charge in [-0.1, -0.05) is 0 Å². The number of carbonyl (C=O) groups excluding carboxylic acids is 1. The van der Waals surface area contributed by atoms with Crippen molar-refractivity contribution in [3.63, 3.8) is 0 Å². The van der Waals surface area contributed by atoms with Crippen LogP contribution in [0.25, 0.3) is 0 Å². The van der Waals surface area contributed by atoms with E-state index < -0.39 is 12.0 Å². The van der Waals surface area contributed by atoms with E-state index in [2.05, 4.69) is 22.2 Å². The standard InChI is InChI=1S/C7H8N2O2S/c1-4-6(7(10)8-3-12)11-5(2)9-4/h4,6H,1-2H3. The van der Waals surface area contributed by atoms with Crippen LogP contribution in [0, 0.1) is 0 Å². The van der Waals surface area contributed by atoms with E-state index in [4.69, 9.17) is 4.74 Å². The van der Waals surface area contributed by atoms with Gasteiger partial charge in [-0.25, -0.2) is 4.99 Å². The number of aliphatic imine (C=N–C) groups is 2. The molecule has 1 amide bonds. The fraction of sp³-hybridized carbons (Fsp3) is 0.571. The number of hydrogen-bond acceptors (Lipinski definition) is 4. The van der Waals surface area contributed by atoms with Gasteiger partial charge in [0.1, 0.15) is 0 Å². The van der Waals surface area contributed by atoms with Crippen LogP contribution in [-0.4, -0.2) is 29.1 Å². The predicted molar refractivity (Wildman–Crippen MR) is 47.5 cm³/mol. The first-order valence-electron chi connectivity index (χ1n) is 3.48. The lowest BCUT2D eigenvalue weighted by Gasteiger charge is -2.07. The first-order valence-corrected chi connectivity index (χ1v) is 3.88. The number of hydrogen-bond donors (Lipinski definition) is 0. The zero-order chi connectivity index (χ0) is 9.14. The number of amides is 1. The SMILES string of the molecule is CC1=NC(C)C(C(=O)N=C=S)O1. The molecule has 1 heterocycles. The summed E-state index contributed by atoms with van der Waals surface area (Å²) in [5, 5.41) is 2.01. The van der Waals surface area contributed by atoms with Crippen LogP contribution in [0.15, 0.2) is 9.98 Å². The molecule has 0 aliphatic carbocycles. The number of rotatable bonds is 1. The van der Waals surface area contributed by atoms with Gasteiger partial charge in [0.25, 0.3) is 5.91 Å². The highest BCUT2D eigenvalue weighted by atomic mass is 32.1. The largest absolute Gasteiger partial charge is 0.466 e. The highest BCUT2D eigenvalue weighted by Crippen LogP contribution is 2.13. The Hall–Kier alpha value is -1.06. The molecule has 0 saturated carbocycles. The second kappa shape index (κ2) is 3.56. The summed E-state index contributed by atoms with van der Waals surface area (Å²) < 4.78 is 5.11. The van der Waals surface area contributed by atoms with Crippen molar-refractivity contribution in [2.75, 3.05) is 0 Å². The molecular weight excluding hydrogens is 176 g/mol. The van der Waals surface area contributed by atoms with Gasteiger partial charge in [0, 0.05) is 6.92 Å². The van der Waals surface area contributed by atoms with Crippen molar-refractivity contribution in [1.82, 2.24) is 0 Å². The normalized spacial score (nSPS) is 27.0. The van der Waals surface area contributed by atoms with Gasteiger partial charge in [0.2, 0.25) is 6.10 Å². The van der Waals surface area contributed by atoms with Crippen molar-refractivity contribution in [3.05, 3.63) is 0 Å². The molecule has 4 nitrogen and oxygen atoms in total. The Morgan fingerprint density at radius 3 is 2.92 bits per heavy atom. The lowest BCUT2D eigenvalue weighted by atomic mass is 10.2. The van der Waals surface area contributed by atoms with Crippen molar-refractivity contribution in [2.45, 2.75) is 26.0 Å². The Morgan fingerprint density at radius 2 is 2.50 bits per heavy atom. The molecule has 5 heteroatoms. The van der Waals surface area contributed by atoms with Crippen LogP contribution in [-0.2, 0) is 9.53 Å². The second-order valence-corrected chi connectivity index (χ2v) is 2.65. The van der Waals surface area contributed by atoms with E-state index in [1.165, 1.54) is 0 Å². The average Bonchev–Trinajstić information content (AvgIpc) is 2.30. The molecule has 12 heavy (non-hydrogen) atoms. The molecule has 2 atom stereocenters. The summed E-state index contributed by atoms with van der Waals surface area (Å²) in [4.78, 5) is 18.5. The van der Waals surface area contributed by atoms with Gasteiger partial charge in [-0.3, -0.25) is 4.79 Å². The first-order chi connectivity index (χ1) is 5.65. The van der Waals surface area contributed by atoms with E-state index in [1.54, 1.807) is 13.8 Å². The summed E-state index contributed by atoms with van der Waals surface area (Å²) in [7, 11) is 0. The fourth-order valence-electron chi connectivity index (χ4n) is 1.03. The highest BCUT2D eigenvalue weighted by molar-refractivity contribution is 7.78. The zero-order valence-corrected chi connectivity index (χ0v) is 7.59. The highest BCUT2D eigenvalue weighted by Gasteiger charge is 2.31. The second-order valence-electron chi connectivity index (χ2n) is 2.47. The van der Waals surface area contributed by atoms with Gasteiger partial charge in [-0.05, 0) is 19.1 Å². The maximum Gasteiger partial charge on any atom is 0.297 e. The summed E-state index contributed by atoms with van der Waals surface area (Å²) in [6.45, 7) is 3.49. The number of isothiocyanates is 1. The van der Waals surface area contributed by atoms with Crippen LogP contribution in [0.3, 0.4) is 0 Å². The van der Waals surface area contributed by atoms with Gasteiger partial charge < -0.3 is 4.74 Å². The lowest BCUT2D eigenvalue weighted by Crippen LogP contribution is -2.28. The molecule has 0 aromatic rings. The van der Waals surface area contributed by atoms with Crippen LogP contribution in [0.1, 0.15) is 13.8 Å². The molecule has 0 aromatic heterocycles. The van der Waals surface area contributed by atoms with Crippen molar-refractivity contribution in [1.29, 1.82) is 0 Å². The van der Waals surface area contributed by atoms with Gasteiger partial charge in [0.15, 0.2) is 5.90 Å². The molecule has 0 radical (unpaired) electrons. The van der Waals surface area contributed by atoms with E-state index in [-0.39, 0.29) is 6.04 Å². The molecule has 0 spiro atoms. The van der Waals surface area contributed by atoms with Crippen molar-refractivity contribution in [2.24, 2.45) is 9.98 Å². The number of thiocarbonyl (C=S) groups is 1. The molecule has 1 aliphatic rings. The third-order valence-electron chi connectivity index (χ3n) is 1.52. The molecule has 1 aliphatic heterocycles. The Bertz CT molecular complexity index is 281. The predicted octanol–water partition coefficient (Wildman–Crippen LogP) is 0.822. The smallest absolute Gasteiger partial charge is 0.297 e. The van der Waals surface area contributed by atoms with Crippen molar-refractivity contribution in [3.8, 4) is 0 Å². The summed E-state index contributed by atoms with van der Waals surface area (Å²) in [5.74, 6) is 0.0959. The Kier molecular flexibility index (Phi) is 2.68. The topological polar surface area (TPSA) is 51.0 Å². The summed E-state index contributed by atoms with van der Waals surface area (Å²) in [6.07, 6.45) is -0.611. The third kappa shape index (κ3) is 1.75. The van der Waals surface area contributed by atoms with E-state index >= 15 is 0 Å². The van der Waals surface area contributed by atoms with Crippen LogP contribution in [0.5, 0.6) is 0 Å². The fourth-order valence-corrected chi connectivity index (χ4v) is 1.12. The molecule has 0 aromatic carbocycles. The zero-order valence-electron chi connectivity index (χ0n) is 6.77. The minimum Gasteiger partial charge on any atom is -0.466 e. The monoisotopic (exact) mass is 184 g/mol. The lowest BCUT2D eigenvalue weighted by molar-refractivity contribution is -0.124. The minimum atomic E-state index is -0.611. The number of carbonyl (C=O) groups is 1. The molecule has 0 fully saturated rings. The Balaban J connectivity index is 2.69. The quantitative estimate of drug-likeness (QED) is 0.448. The van der Waals surface area contributed by atoms with Crippen LogP contribution >= 0.6 is 12.2 Å². The van der Waals surface area contributed by atoms with Gasteiger partial charge >= 0.3 is 0 Å². The molecule has 0 N–H and O–H groups in total. The van der Waals surface area contributed by atoms with E-state index in [0.29, 0.717) is 5.90 Å². The third-order valence-corrected chi connectivity index (χ3v) is 1.61. The van der Waals surface area contributed by atoms with Crippen LogP contribution in [0.2, 0.25) is 0 Å². The Morgan fingerprint density at radius 1 is 1.83 bits per heavy atom. The summed E-state index contributed by atoms with van der Waals surface area (Å²) in [6, 6.07) is -0.176. The molecular formula is C7H8N2O2S.